The van der Waals surface area contributed by atoms with E-state index in [9.17, 15) is 4.79 Å². The minimum absolute atomic E-state index is 0.0722. The van der Waals surface area contributed by atoms with Gasteiger partial charge in [-0.05, 0) is 52.2 Å². The summed E-state index contributed by atoms with van der Waals surface area (Å²) >= 11 is 0. The molecule has 5 nitrogen and oxygen atoms in total. The van der Waals surface area contributed by atoms with Crippen molar-refractivity contribution in [1.82, 2.24) is 9.88 Å². The lowest BCUT2D eigenvalue weighted by Crippen LogP contribution is -2.36. The van der Waals surface area contributed by atoms with E-state index < -0.39 is 5.60 Å². The third-order valence-corrected chi connectivity index (χ3v) is 3.41. The zero-order chi connectivity index (χ0) is 15.5. The number of anilines is 1. The quantitative estimate of drug-likeness (QED) is 0.924. The number of hydrogen-bond acceptors (Lipinski definition) is 4. The molecule has 1 aromatic heterocycles. The van der Waals surface area contributed by atoms with Gasteiger partial charge in [0.2, 0.25) is 0 Å². The molecule has 1 saturated heterocycles. The first kappa shape index (κ1) is 15.6. The first-order valence-corrected chi connectivity index (χ1v) is 7.60. The van der Waals surface area contributed by atoms with Crippen LogP contribution in [0, 0.1) is 0 Å². The molecule has 1 N–H and O–H groups in total. The van der Waals surface area contributed by atoms with Gasteiger partial charge in [-0.15, -0.1) is 0 Å². The summed E-state index contributed by atoms with van der Waals surface area (Å²) in [4.78, 5) is 18.5. The Morgan fingerprint density at radius 1 is 1.48 bits per heavy atom. The molecule has 0 saturated carbocycles. The lowest BCUT2D eigenvalue weighted by atomic mass is 10.1. The second kappa shape index (κ2) is 6.33. The van der Waals surface area contributed by atoms with Crippen LogP contribution in [-0.4, -0.2) is 34.7 Å². The summed E-state index contributed by atoms with van der Waals surface area (Å²) in [7, 11) is 0. The van der Waals surface area contributed by atoms with Crippen LogP contribution >= 0.6 is 0 Å². The molecule has 0 radical (unpaired) electrons. The van der Waals surface area contributed by atoms with Crippen LogP contribution in [0.1, 0.15) is 52.1 Å². The van der Waals surface area contributed by atoms with E-state index in [2.05, 4.69) is 10.3 Å². The number of carbonyl (C=O) groups is 1. The molecule has 2 heterocycles. The number of hydrogen-bond donors (Lipinski definition) is 1. The Kier molecular flexibility index (Phi) is 4.70. The monoisotopic (exact) mass is 291 g/mol. The second-order valence-electron chi connectivity index (χ2n) is 6.34. The molecular weight excluding hydrogens is 266 g/mol. The summed E-state index contributed by atoms with van der Waals surface area (Å²) in [6.45, 7) is 9.30. The SMILES string of the molecule is CCNc1ccc(C2CCCN2C(=O)OC(C)(C)C)cn1. The second-order valence-corrected chi connectivity index (χ2v) is 6.34. The van der Waals surface area contributed by atoms with E-state index >= 15 is 0 Å². The Balaban J connectivity index is 2.09. The molecule has 1 fully saturated rings. The number of carbonyl (C=O) groups excluding carboxylic acids is 1. The number of nitrogens with one attached hydrogen (secondary N) is 1. The fourth-order valence-electron chi connectivity index (χ4n) is 2.54. The molecule has 1 aliphatic rings. The summed E-state index contributed by atoms with van der Waals surface area (Å²) in [5.41, 5.74) is 0.609. The topological polar surface area (TPSA) is 54.5 Å². The van der Waals surface area contributed by atoms with Crippen molar-refractivity contribution in [1.29, 1.82) is 0 Å². The molecule has 0 aromatic carbocycles. The van der Waals surface area contributed by atoms with Gasteiger partial charge in [0, 0.05) is 19.3 Å². The van der Waals surface area contributed by atoms with Crippen LogP contribution < -0.4 is 5.32 Å². The predicted octanol–water partition coefficient (Wildman–Crippen LogP) is 3.59. The maximum atomic E-state index is 12.3. The lowest BCUT2D eigenvalue weighted by molar-refractivity contribution is 0.0224. The van der Waals surface area contributed by atoms with E-state index in [-0.39, 0.29) is 12.1 Å². The van der Waals surface area contributed by atoms with Crippen LogP contribution in [0.2, 0.25) is 0 Å². The summed E-state index contributed by atoms with van der Waals surface area (Å²) < 4.78 is 5.49. The number of amides is 1. The van der Waals surface area contributed by atoms with Gasteiger partial charge < -0.3 is 15.0 Å². The van der Waals surface area contributed by atoms with Crippen LogP contribution in [0.25, 0.3) is 0 Å². The predicted molar refractivity (Wildman–Crippen MR) is 83.3 cm³/mol. The maximum Gasteiger partial charge on any atom is 0.410 e. The van der Waals surface area contributed by atoms with E-state index in [1.165, 1.54) is 0 Å². The number of aromatic nitrogens is 1. The van der Waals surface area contributed by atoms with E-state index in [1.807, 2.05) is 50.9 Å². The zero-order valence-electron chi connectivity index (χ0n) is 13.3. The molecule has 21 heavy (non-hydrogen) atoms. The van der Waals surface area contributed by atoms with E-state index in [0.29, 0.717) is 0 Å². The molecule has 1 amide bonds. The number of likely N-dealkylation sites (tertiary alicyclic amines) is 1. The summed E-state index contributed by atoms with van der Waals surface area (Å²) in [5, 5.41) is 3.17. The number of pyridine rings is 1. The fraction of sp³-hybridized carbons (Fsp3) is 0.625. The van der Waals surface area contributed by atoms with E-state index in [4.69, 9.17) is 4.74 Å². The Morgan fingerprint density at radius 2 is 2.24 bits per heavy atom. The largest absolute Gasteiger partial charge is 0.444 e. The molecule has 1 atom stereocenters. The molecule has 0 aliphatic carbocycles. The Bertz CT molecular complexity index is 479. The minimum Gasteiger partial charge on any atom is -0.444 e. The first-order valence-electron chi connectivity index (χ1n) is 7.60. The van der Waals surface area contributed by atoms with Crippen molar-refractivity contribution in [3.8, 4) is 0 Å². The van der Waals surface area contributed by atoms with Gasteiger partial charge in [-0.25, -0.2) is 9.78 Å². The molecule has 116 valence electrons. The highest BCUT2D eigenvalue weighted by Crippen LogP contribution is 2.33. The molecule has 1 aromatic rings. The van der Waals surface area contributed by atoms with Gasteiger partial charge in [0.25, 0.3) is 0 Å². The fourth-order valence-corrected chi connectivity index (χ4v) is 2.54. The van der Waals surface area contributed by atoms with Crippen molar-refractivity contribution in [2.45, 2.75) is 52.2 Å². The summed E-state index contributed by atoms with van der Waals surface area (Å²) in [6, 6.07) is 4.07. The molecule has 0 spiro atoms. The highest BCUT2D eigenvalue weighted by molar-refractivity contribution is 5.69. The molecular formula is C16H25N3O2. The summed E-state index contributed by atoms with van der Waals surface area (Å²) in [6.07, 6.45) is 3.58. The van der Waals surface area contributed by atoms with Gasteiger partial charge in [0.15, 0.2) is 0 Å². The normalized spacial score (nSPS) is 18.7. The first-order chi connectivity index (χ1) is 9.90. The van der Waals surface area contributed by atoms with Gasteiger partial charge in [0.05, 0.1) is 6.04 Å². The van der Waals surface area contributed by atoms with Gasteiger partial charge in [-0.1, -0.05) is 6.07 Å². The highest BCUT2D eigenvalue weighted by Gasteiger charge is 2.33. The van der Waals surface area contributed by atoms with Crippen molar-refractivity contribution in [3.63, 3.8) is 0 Å². The van der Waals surface area contributed by atoms with Gasteiger partial charge >= 0.3 is 6.09 Å². The van der Waals surface area contributed by atoms with Crippen molar-refractivity contribution in [2.75, 3.05) is 18.4 Å². The van der Waals surface area contributed by atoms with Crippen molar-refractivity contribution < 1.29 is 9.53 Å². The van der Waals surface area contributed by atoms with Crippen LogP contribution in [-0.2, 0) is 4.74 Å². The van der Waals surface area contributed by atoms with Crippen LogP contribution in [0.3, 0.4) is 0 Å². The van der Waals surface area contributed by atoms with Crippen molar-refractivity contribution in [3.05, 3.63) is 23.9 Å². The highest BCUT2D eigenvalue weighted by atomic mass is 16.6. The Morgan fingerprint density at radius 3 is 2.81 bits per heavy atom. The third-order valence-electron chi connectivity index (χ3n) is 3.41. The van der Waals surface area contributed by atoms with Crippen molar-refractivity contribution >= 4 is 11.9 Å². The number of ether oxygens (including phenoxy) is 1. The van der Waals surface area contributed by atoms with Crippen molar-refractivity contribution in [2.24, 2.45) is 0 Å². The molecule has 0 bridgehead atoms. The van der Waals surface area contributed by atoms with Gasteiger partial charge in [0.1, 0.15) is 11.4 Å². The average molecular weight is 291 g/mol. The maximum absolute atomic E-state index is 12.3. The van der Waals surface area contributed by atoms with Gasteiger partial charge in [-0.3, -0.25) is 0 Å². The van der Waals surface area contributed by atoms with Crippen LogP contribution in [0.4, 0.5) is 10.6 Å². The standard InChI is InChI=1S/C16H25N3O2/c1-5-17-14-9-8-12(11-18-14)13-7-6-10-19(13)15(20)21-16(2,3)4/h8-9,11,13H,5-7,10H2,1-4H3,(H,17,18). The van der Waals surface area contributed by atoms with Crippen LogP contribution in [0.15, 0.2) is 18.3 Å². The number of nitrogens with zero attached hydrogens (tertiary/aromatic N) is 2. The lowest BCUT2D eigenvalue weighted by Gasteiger charge is -2.28. The summed E-state index contributed by atoms with van der Waals surface area (Å²) in [5.74, 6) is 0.864. The Hall–Kier alpha value is -1.78. The molecule has 1 aliphatic heterocycles. The minimum atomic E-state index is -0.461. The average Bonchev–Trinajstić information content (AvgIpc) is 2.87. The molecule has 2 rings (SSSR count). The molecule has 1 unspecified atom stereocenters. The van der Waals surface area contributed by atoms with E-state index in [1.54, 1.807) is 0 Å². The van der Waals surface area contributed by atoms with Gasteiger partial charge in [-0.2, -0.15) is 0 Å². The Labute approximate surface area is 126 Å². The smallest absolute Gasteiger partial charge is 0.410 e. The number of rotatable bonds is 3. The molecule has 5 heteroatoms. The van der Waals surface area contributed by atoms with E-state index in [0.717, 1.165) is 37.3 Å². The zero-order valence-corrected chi connectivity index (χ0v) is 13.3. The third kappa shape index (κ3) is 4.09. The van der Waals surface area contributed by atoms with Crippen LogP contribution in [0.5, 0.6) is 0 Å².